The molecule has 0 radical (unpaired) electrons. The topological polar surface area (TPSA) is 21.7 Å². The second-order valence-electron chi connectivity index (χ2n) is 4.98. The van der Waals surface area contributed by atoms with Gasteiger partial charge in [0.15, 0.2) is 0 Å². The van der Waals surface area contributed by atoms with Crippen LogP contribution in [0.4, 0.5) is 0 Å². The van der Waals surface area contributed by atoms with E-state index in [0.717, 1.165) is 18.1 Å². The zero-order valence-electron chi connectivity index (χ0n) is 10.9. The van der Waals surface area contributed by atoms with E-state index < -0.39 is 0 Å². The molecular formula is C14H20ClNO2. The molecule has 2 aliphatic heterocycles. The summed E-state index contributed by atoms with van der Waals surface area (Å²) in [7, 11) is 3.94. The van der Waals surface area contributed by atoms with E-state index in [4.69, 9.17) is 9.47 Å². The molecule has 0 spiro atoms. The van der Waals surface area contributed by atoms with Gasteiger partial charge in [-0.05, 0) is 38.6 Å². The Morgan fingerprint density at radius 3 is 3.00 bits per heavy atom. The lowest BCUT2D eigenvalue weighted by Crippen LogP contribution is -2.47. The van der Waals surface area contributed by atoms with Gasteiger partial charge in [-0.15, -0.1) is 12.4 Å². The zero-order valence-corrected chi connectivity index (χ0v) is 11.7. The van der Waals surface area contributed by atoms with Crippen molar-refractivity contribution in [3.8, 4) is 11.5 Å². The molecule has 0 N–H and O–H groups in total. The van der Waals surface area contributed by atoms with Gasteiger partial charge < -0.3 is 9.47 Å². The van der Waals surface area contributed by atoms with Crippen molar-refractivity contribution in [3.05, 3.63) is 23.8 Å². The van der Waals surface area contributed by atoms with Crippen LogP contribution in [-0.4, -0.2) is 38.3 Å². The van der Waals surface area contributed by atoms with Gasteiger partial charge in [-0.25, -0.2) is 0 Å². The molecule has 0 unspecified atom stereocenters. The van der Waals surface area contributed by atoms with Crippen LogP contribution in [0.2, 0.25) is 0 Å². The second kappa shape index (κ2) is 5.37. The van der Waals surface area contributed by atoms with Crippen molar-refractivity contribution < 1.29 is 9.47 Å². The average molecular weight is 270 g/mol. The lowest BCUT2D eigenvalue weighted by atomic mass is 9.81. The molecule has 2 atom stereocenters. The molecule has 3 rings (SSSR count). The molecule has 1 saturated heterocycles. The number of piperidine rings is 1. The summed E-state index contributed by atoms with van der Waals surface area (Å²) in [5.74, 6) is 2.56. The molecule has 4 heteroatoms. The number of benzene rings is 1. The third kappa shape index (κ3) is 2.06. The number of likely N-dealkylation sites (N-methyl/N-ethyl adjacent to an activating group) is 1. The average Bonchev–Trinajstić information content (AvgIpc) is 2.38. The minimum atomic E-state index is 0. The highest BCUT2D eigenvalue weighted by Gasteiger charge is 2.37. The van der Waals surface area contributed by atoms with Crippen molar-refractivity contribution in [3.63, 3.8) is 0 Å². The molecule has 0 aromatic heterocycles. The quantitative estimate of drug-likeness (QED) is 0.782. The Labute approximate surface area is 114 Å². The van der Waals surface area contributed by atoms with E-state index in [1.54, 1.807) is 7.11 Å². The number of likely N-dealkylation sites (tertiary alicyclic amines) is 1. The van der Waals surface area contributed by atoms with Gasteiger partial charge in [0, 0.05) is 11.5 Å². The minimum Gasteiger partial charge on any atom is -0.496 e. The van der Waals surface area contributed by atoms with Gasteiger partial charge in [-0.2, -0.15) is 0 Å². The van der Waals surface area contributed by atoms with Gasteiger partial charge >= 0.3 is 0 Å². The van der Waals surface area contributed by atoms with Crippen LogP contribution in [-0.2, 0) is 0 Å². The Kier molecular flexibility index (Phi) is 4.03. The van der Waals surface area contributed by atoms with Gasteiger partial charge in [-0.3, -0.25) is 4.90 Å². The number of methoxy groups -OCH3 is 1. The highest BCUT2D eigenvalue weighted by Crippen LogP contribution is 2.45. The van der Waals surface area contributed by atoms with E-state index in [9.17, 15) is 0 Å². The molecule has 2 heterocycles. The predicted molar refractivity (Wildman–Crippen MR) is 74.1 cm³/mol. The predicted octanol–water partition coefficient (Wildman–Crippen LogP) is 2.69. The Bertz CT molecular complexity index is 410. The van der Waals surface area contributed by atoms with Crippen molar-refractivity contribution >= 4 is 12.4 Å². The molecule has 0 aliphatic carbocycles. The fraction of sp³-hybridized carbons (Fsp3) is 0.571. The highest BCUT2D eigenvalue weighted by molar-refractivity contribution is 5.85. The fourth-order valence-corrected chi connectivity index (χ4v) is 3.17. The first-order valence-corrected chi connectivity index (χ1v) is 6.31. The number of hydrogen-bond donors (Lipinski definition) is 0. The van der Waals surface area contributed by atoms with Crippen molar-refractivity contribution in [2.45, 2.75) is 24.8 Å². The molecule has 18 heavy (non-hydrogen) atoms. The Morgan fingerprint density at radius 1 is 1.39 bits per heavy atom. The molecule has 2 aliphatic rings. The maximum Gasteiger partial charge on any atom is 0.126 e. The van der Waals surface area contributed by atoms with Gasteiger partial charge in [0.25, 0.3) is 0 Å². The third-order valence-corrected chi connectivity index (χ3v) is 4.08. The lowest BCUT2D eigenvalue weighted by Gasteiger charge is -2.43. The number of hydrogen-bond acceptors (Lipinski definition) is 3. The molecule has 0 saturated carbocycles. The van der Waals surface area contributed by atoms with Crippen molar-refractivity contribution in [1.82, 2.24) is 4.90 Å². The van der Waals surface area contributed by atoms with E-state index in [1.165, 1.54) is 24.9 Å². The van der Waals surface area contributed by atoms with Crippen LogP contribution in [0.15, 0.2) is 18.2 Å². The molecule has 3 nitrogen and oxygen atoms in total. The standard InChI is InChI=1S/C14H19NO2.ClH/c1-15-8-4-5-10-11(15)9-17-13-7-3-6-12(16-2)14(10)13;/h3,6-7,10-11H,4-5,8-9H2,1-2H3;1H/t10-,11+;/m0./s1. The maximum absolute atomic E-state index is 5.88. The summed E-state index contributed by atoms with van der Waals surface area (Å²) in [5.41, 5.74) is 1.28. The van der Waals surface area contributed by atoms with E-state index in [0.29, 0.717) is 12.0 Å². The number of fused-ring (bicyclic) bond motifs is 3. The van der Waals surface area contributed by atoms with Crippen LogP contribution in [0, 0.1) is 0 Å². The number of rotatable bonds is 1. The largest absolute Gasteiger partial charge is 0.496 e. The normalized spacial score (nSPS) is 26.3. The molecule has 1 aromatic carbocycles. The van der Waals surface area contributed by atoms with Crippen molar-refractivity contribution in [2.24, 2.45) is 0 Å². The van der Waals surface area contributed by atoms with Gasteiger partial charge in [0.2, 0.25) is 0 Å². The molecular weight excluding hydrogens is 250 g/mol. The first-order chi connectivity index (χ1) is 8.31. The summed E-state index contributed by atoms with van der Waals surface area (Å²) < 4.78 is 11.4. The summed E-state index contributed by atoms with van der Waals surface area (Å²) in [5, 5.41) is 0. The number of ether oxygens (including phenoxy) is 2. The Balaban J connectivity index is 0.00000120. The third-order valence-electron chi connectivity index (χ3n) is 4.08. The summed E-state index contributed by atoms with van der Waals surface area (Å²) in [6.45, 7) is 1.98. The molecule has 100 valence electrons. The minimum absolute atomic E-state index is 0. The van der Waals surface area contributed by atoms with Crippen LogP contribution < -0.4 is 9.47 Å². The van der Waals surface area contributed by atoms with Crippen LogP contribution >= 0.6 is 12.4 Å². The van der Waals surface area contributed by atoms with Crippen LogP contribution in [0.1, 0.15) is 24.3 Å². The summed E-state index contributed by atoms with van der Waals surface area (Å²) in [4.78, 5) is 2.42. The highest BCUT2D eigenvalue weighted by atomic mass is 35.5. The van der Waals surface area contributed by atoms with E-state index in [1.807, 2.05) is 12.1 Å². The molecule has 0 amide bonds. The Hall–Kier alpha value is -0.930. The summed E-state index contributed by atoms with van der Waals surface area (Å²) in [6.07, 6.45) is 2.50. The summed E-state index contributed by atoms with van der Waals surface area (Å²) >= 11 is 0. The Morgan fingerprint density at radius 2 is 2.22 bits per heavy atom. The van der Waals surface area contributed by atoms with Gasteiger partial charge in [0.1, 0.15) is 18.1 Å². The first-order valence-electron chi connectivity index (χ1n) is 6.31. The van der Waals surface area contributed by atoms with E-state index in [2.05, 4.69) is 18.0 Å². The molecule has 0 bridgehead atoms. The molecule has 1 fully saturated rings. The van der Waals surface area contributed by atoms with Crippen molar-refractivity contribution in [2.75, 3.05) is 27.3 Å². The van der Waals surface area contributed by atoms with Crippen LogP contribution in [0.25, 0.3) is 0 Å². The number of halogens is 1. The SMILES string of the molecule is COc1cccc2c1[C@H]1CCCN(C)[C@@H]1CO2.Cl. The first kappa shape index (κ1) is 13.5. The summed E-state index contributed by atoms with van der Waals surface area (Å²) in [6, 6.07) is 6.61. The van der Waals surface area contributed by atoms with Crippen molar-refractivity contribution in [1.29, 1.82) is 0 Å². The van der Waals surface area contributed by atoms with Crippen LogP contribution in [0.5, 0.6) is 11.5 Å². The zero-order chi connectivity index (χ0) is 11.8. The maximum atomic E-state index is 5.88. The lowest BCUT2D eigenvalue weighted by molar-refractivity contribution is 0.0853. The van der Waals surface area contributed by atoms with Crippen LogP contribution in [0.3, 0.4) is 0 Å². The monoisotopic (exact) mass is 269 g/mol. The molecule has 1 aromatic rings. The number of nitrogens with zero attached hydrogens (tertiary/aromatic N) is 1. The second-order valence-corrected chi connectivity index (χ2v) is 4.98. The smallest absolute Gasteiger partial charge is 0.126 e. The van der Waals surface area contributed by atoms with Gasteiger partial charge in [0.05, 0.1) is 13.2 Å². The van der Waals surface area contributed by atoms with E-state index >= 15 is 0 Å². The van der Waals surface area contributed by atoms with E-state index in [-0.39, 0.29) is 12.4 Å². The fourth-order valence-electron chi connectivity index (χ4n) is 3.17. The van der Waals surface area contributed by atoms with Gasteiger partial charge in [-0.1, -0.05) is 6.07 Å².